The molecule has 0 fully saturated rings. The Balaban J connectivity index is 1.64. The zero-order valence-corrected chi connectivity index (χ0v) is 32.9. The molecule has 0 aliphatic heterocycles. The summed E-state index contributed by atoms with van der Waals surface area (Å²) >= 11 is 0. The van der Waals surface area contributed by atoms with Crippen molar-refractivity contribution >= 4 is 94.2 Å². The van der Waals surface area contributed by atoms with Crippen LogP contribution in [0, 0.1) is 33.1 Å². The van der Waals surface area contributed by atoms with Gasteiger partial charge in [-0.1, -0.05) is 24.3 Å². The van der Waals surface area contributed by atoms with Crippen molar-refractivity contribution in [2.45, 2.75) is 27.7 Å². The van der Waals surface area contributed by atoms with Crippen molar-refractivity contribution < 1.29 is 57.3 Å². The molecule has 0 atom stereocenters. The van der Waals surface area contributed by atoms with Crippen LogP contribution in [0.1, 0.15) is 22.3 Å². The van der Waals surface area contributed by atoms with E-state index in [1.165, 1.54) is 72.9 Å². The quantitative estimate of drug-likeness (QED) is 0.0474. The fourth-order valence-electron chi connectivity index (χ4n) is 5.17. The van der Waals surface area contributed by atoms with Crippen molar-refractivity contribution in [3.8, 4) is 0 Å². The third-order valence-corrected chi connectivity index (χ3v) is 8.52. The Hall–Kier alpha value is -8.52. The third-order valence-electron chi connectivity index (χ3n) is 8.52. The van der Waals surface area contributed by atoms with E-state index in [2.05, 4.69) is 41.2 Å². The molecule has 0 aliphatic carbocycles. The van der Waals surface area contributed by atoms with E-state index in [4.69, 9.17) is 18.9 Å². The first-order valence-electron chi connectivity index (χ1n) is 17.8. The molecule has 4 rings (SSSR count). The Morgan fingerprint density at radius 2 is 0.639 bits per heavy atom. The highest BCUT2D eigenvalue weighted by molar-refractivity contribution is 5.88. The molecular weight excluding hydrogens is 796 g/mol. The number of amides is 4. The second-order valence-corrected chi connectivity index (χ2v) is 13.1. The van der Waals surface area contributed by atoms with Gasteiger partial charge in [0, 0.05) is 22.7 Å². The maximum Gasteiger partial charge on any atom is 0.411 e. The van der Waals surface area contributed by atoms with Crippen LogP contribution in [0.2, 0.25) is 0 Å². The van der Waals surface area contributed by atoms with E-state index in [-0.39, 0.29) is 45.5 Å². The highest BCUT2D eigenvalue weighted by atomic mass is 16.6. The van der Waals surface area contributed by atoms with Crippen molar-refractivity contribution in [2.24, 2.45) is 25.4 Å². The fraction of sp³-hybridized carbons (Fsp3) is 0.220. The van der Waals surface area contributed by atoms with Crippen LogP contribution < -0.4 is 21.3 Å². The monoisotopic (exact) mass is 832 g/mol. The molecule has 0 aliphatic rings. The Morgan fingerprint density at radius 1 is 0.426 bits per heavy atom. The van der Waals surface area contributed by atoms with Crippen molar-refractivity contribution in [3.63, 3.8) is 0 Å². The number of carbonyl (C=O) groups is 4. The van der Waals surface area contributed by atoms with Crippen molar-refractivity contribution in [3.05, 3.63) is 95.1 Å². The molecule has 0 aromatic heterocycles. The van der Waals surface area contributed by atoms with Gasteiger partial charge in [-0.3, -0.25) is 21.3 Å². The highest BCUT2D eigenvalue weighted by Crippen LogP contribution is 2.28. The van der Waals surface area contributed by atoms with Crippen molar-refractivity contribution in [2.75, 3.05) is 47.7 Å². The Labute approximate surface area is 346 Å². The van der Waals surface area contributed by atoms with Gasteiger partial charge in [-0.15, -0.1) is 0 Å². The van der Waals surface area contributed by atoms with E-state index in [1.54, 1.807) is 52.0 Å². The smallest absolute Gasteiger partial charge is 0.411 e. The normalized spacial score (nSPS) is 11.0. The molecule has 0 saturated heterocycles. The van der Waals surface area contributed by atoms with Crippen LogP contribution in [0.15, 0.2) is 92.8 Å². The first-order chi connectivity index (χ1) is 29.3. The van der Waals surface area contributed by atoms with Gasteiger partial charge in [0.25, 0.3) is 0 Å². The molecular formula is C41H36N8O12. The fourth-order valence-corrected chi connectivity index (χ4v) is 5.17. The lowest BCUT2D eigenvalue weighted by Crippen LogP contribution is -2.45. The molecule has 0 spiro atoms. The lowest BCUT2D eigenvalue weighted by molar-refractivity contribution is -0.0420. The molecule has 0 unspecified atom stereocenters. The summed E-state index contributed by atoms with van der Waals surface area (Å²) in [6.07, 6.45) is 1.44. The minimum atomic E-state index is -1.84. The highest BCUT2D eigenvalue weighted by Gasteiger charge is 2.38. The molecule has 0 bridgehead atoms. The van der Waals surface area contributed by atoms with Gasteiger partial charge in [0.2, 0.25) is 24.3 Å². The van der Waals surface area contributed by atoms with E-state index in [0.717, 1.165) is 0 Å². The predicted octanol–water partition coefficient (Wildman–Crippen LogP) is 8.07. The zero-order chi connectivity index (χ0) is 44.4. The van der Waals surface area contributed by atoms with Crippen LogP contribution in [-0.4, -0.2) is 75.1 Å². The van der Waals surface area contributed by atoms with Gasteiger partial charge in [-0.05, 0) is 98.5 Å². The van der Waals surface area contributed by atoms with E-state index < -0.39 is 56.2 Å². The number of nitrogens with one attached hydrogen (secondary N) is 4. The Bertz CT molecular complexity index is 2170. The molecule has 0 saturated carbocycles. The lowest BCUT2D eigenvalue weighted by atomic mass is 9.92. The van der Waals surface area contributed by atoms with Crippen LogP contribution in [0.3, 0.4) is 0 Å². The number of ether oxygens (including phenoxy) is 4. The van der Waals surface area contributed by atoms with Gasteiger partial charge >= 0.3 is 24.4 Å². The van der Waals surface area contributed by atoms with Crippen LogP contribution >= 0.6 is 0 Å². The molecule has 20 nitrogen and oxygen atoms in total. The summed E-state index contributed by atoms with van der Waals surface area (Å²) in [4.78, 5) is 111. The van der Waals surface area contributed by atoms with Crippen molar-refractivity contribution in [1.82, 2.24) is 0 Å². The number of hydrogen-bond acceptors (Lipinski definition) is 16. The molecule has 0 heterocycles. The van der Waals surface area contributed by atoms with Gasteiger partial charge < -0.3 is 18.9 Å². The van der Waals surface area contributed by atoms with Gasteiger partial charge in [-0.25, -0.2) is 38.4 Å². The average Bonchev–Trinajstić information content (AvgIpc) is 3.22. The molecule has 20 heteroatoms. The molecule has 4 aromatic carbocycles. The van der Waals surface area contributed by atoms with Crippen LogP contribution in [0.5, 0.6) is 0 Å². The molecule has 312 valence electrons. The summed E-state index contributed by atoms with van der Waals surface area (Å²) in [6, 6.07) is 17.9. The summed E-state index contributed by atoms with van der Waals surface area (Å²) in [5, 5.41) is 9.89. The van der Waals surface area contributed by atoms with Crippen LogP contribution in [0.4, 0.5) is 64.7 Å². The number of aliphatic imine (C=N–C) groups is 4. The summed E-state index contributed by atoms with van der Waals surface area (Å²) in [6.45, 7) is 3.80. The number of hydrogen-bond donors (Lipinski definition) is 4. The topological polar surface area (TPSA) is 271 Å². The number of carbonyl (C=O) groups excluding carboxylic acids is 8. The minimum absolute atomic E-state index is 0.168. The average molecular weight is 833 g/mol. The van der Waals surface area contributed by atoms with E-state index in [1.807, 2.05) is 0 Å². The van der Waals surface area contributed by atoms with Gasteiger partial charge in [0.15, 0.2) is 0 Å². The minimum Gasteiger partial charge on any atom is -0.448 e. The lowest BCUT2D eigenvalue weighted by Gasteiger charge is -2.31. The van der Waals surface area contributed by atoms with Crippen LogP contribution in [0.25, 0.3) is 0 Å². The second-order valence-electron chi connectivity index (χ2n) is 13.1. The van der Waals surface area contributed by atoms with E-state index in [9.17, 15) is 38.4 Å². The second kappa shape index (κ2) is 21.9. The van der Waals surface area contributed by atoms with Crippen molar-refractivity contribution in [1.29, 1.82) is 0 Å². The Kier molecular flexibility index (Phi) is 16.2. The predicted molar refractivity (Wildman–Crippen MR) is 218 cm³/mol. The molecule has 0 radical (unpaired) electrons. The standard InChI is InChI=1S/C41H36N8O12/c1-25-5-9-29(13-33(25)42-21-50)46-37(54)58-17-41(18-59-38(55)47-30-10-6-26(2)34(14-30)43-22-51,19-60-39(56)48-31-11-7-27(3)35(15-31)44-23-52)20-61-40(57)49-32-12-8-28(4)36(16-32)45-24-53/h5-16H,17-20H2,1-4H3,(H,46,54)(H,47,55)(H,48,56)(H,49,57). The molecule has 4 aromatic rings. The SMILES string of the molecule is Cc1ccc(NC(=O)OCC(COC(=O)Nc2ccc(C)c(N=C=O)c2)(COC(=O)Nc2ccc(C)c(N=C=O)c2)COC(=O)Nc2ccc(C)c(N=C=O)c2)cc1N=C=O. The van der Waals surface area contributed by atoms with E-state index in [0.29, 0.717) is 22.3 Å². The van der Waals surface area contributed by atoms with Gasteiger partial charge in [0.05, 0.1) is 22.7 Å². The zero-order valence-electron chi connectivity index (χ0n) is 32.9. The number of nitrogens with zero attached hydrogens (tertiary/aromatic N) is 4. The first kappa shape index (κ1) is 45.2. The molecule has 61 heavy (non-hydrogen) atoms. The summed E-state index contributed by atoms with van der Waals surface area (Å²) in [7, 11) is 0. The Morgan fingerprint density at radius 3 is 0.836 bits per heavy atom. The largest absolute Gasteiger partial charge is 0.448 e. The number of isocyanates is 4. The summed E-state index contributed by atoms with van der Waals surface area (Å²) < 4.78 is 22.1. The number of aryl methyl sites for hydroxylation is 4. The maximum atomic E-state index is 13.2. The van der Waals surface area contributed by atoms with E-state index >= 15 is 0 Å². The number of anilines is 4. The first-order valence-corrected chi connectivity index (χ1v) is 17.8. The van der Waals surface area contributed by atoms with Gasteiger partial charge in [0.1, 0.15) is 31.8 Å². The van der Waals surface area contributed by atoms with Gasteiger partial charge in [-0.2, -0.15) is 20.0 Å². The molecule has 4 N–H and O–H groups in total. The summed E-state index contributed by atoms with van der Waals surface area (Å²) in [5.74, 6) is 0. The number of benzene rings is 4. The molecule has 4 amide bonds. The third kappa shape index (κ3) is 13.8. The number of rotatable bonds is 16. The maximum absolute atomic E-state index is 13.2. The summed E-state index contributed by atoms with van der Waals surface area (Å²) in [5.41, 5.74) is 2.14. The van der Waals surface area contributed by atoms with Crippen LogP contribution in [-0.2, 0) is 38.1 Å².